The number of nitrogens with one attached hydrogen (secondary N) is 2. The van der Waals surface area contributed by atoms with E-state index >= 15 is 4.39 Å². The molecule has 12 heteroatoms. The molecule has 2 aliphatic heterocycles. The van der Waals surface area contributed by atoms with Gasteiger partial charge in [0.25, 0.3) is 5.91 Å². The fourth-order valence-corrected chi connectivity index (χ4v) is 5.78. The Morgan fingerprint density at radius 2 is 2.02 bits per heavy atom. The number of H-pyrrole nitrogens is 1. The summed E-state index contributed by atoms with van der Waals surface area (Å²) in [6, 6.07) is 11.6. The summed E-state index contributed by atoms with van der Waals surface area (Å²) in [5, 5.41) is 19.2. The van der Waals surface area contributed by atoms with Crippen LogP contribution in [0, 0.1) is 36.4 Å². The molecular weight excluding hydrogens is 565 g/mol. The van der Waals surface area contributed by atoms with Crippen molar-refractivity contribution in [3.63, 3.8) is 0 Å². The van der Waals surface area contributed by atoms with E-state index in [0.717, 1.165) is 11.6 Å². The van der Waals surface area contributed by atoms with Crippen molar-refractivity contribution in [3.8, 4) is 17.6 Å². The summed E-state index contributed by atoms with van der Waals surface area (Å²) in [5.41, 5.74) is 0.0910. The van der Waals surface area contributed by atoms with Crippen molar-refractivity contribution in [2.24, 2.45) is 5.41 Å². The van der Waals surface area contributed by atoms with Crippen LogP contribution in [0.1, 0.15) is 53.0 Å². The molecule has 42 heavy (non-hydrogen) atoms. The molecule has 1 aromatic heterocycles. The third kappa shape index (κ3) is 5.47. The lowest BCUT2D eigenvalue weighted by atomic mass is 9.78. The number of aromatic nitrogens is 2. The summed E-state index contributed by atoms with van der Waals surface area (Å²) < 4.78 is 26.0. The van der Waals surface area contributed by atoms with Gasteiger partial charge < -0.3 is 19.7 Å². The number of carbonyl (C=O) groups excluding carboxylic acids is 2. The molecular formula is C30H29ClFN5O5. The van der Waals surface area contributed by atoms with Gasteiger partial charge in [0.2, 0.25) is 5.91 Å². The molecule has 1 unspecified atom stereocenters. The first-order chi connectivity index (χ1) is 20.0. The van der Waals surface area contributed by atoms with Crippen LogP contribution in [-0.2, 0) is 9.53 Å². The summed E-state index contributed by atoms with van der Waals surface area (Å²) in [4.78, 5) is 40.9. The second kappa shape index (κ2) is 11.5. The average Bonchev–Trinajstić information content (AvgIpc) is 3.37. The summed E-state index contributed by atoms with van der Waals surface area (Å²) >= 11 is 6.25. The second-order valence-electron chi connectivity index (χ2n) is 10.8. The fraction of sp³-hybridized carbons (Fsp3) is 0.367. The molecule has 2 aliphatic rings. The van der Waals surface area contributed by atoms with E-state index in [1.807, 2.05) is 12.1 Å². The number of likely N-dealkylation sites (tertiary alicyclic amines) is 1. The summed E-state index contributed by atoms with van der Waals surface area (Å²) in [5.74, 6) is -2.24. The molecule has 0 saturated carbocycles. The Morgan fingerprint density at radius 1 is 1.26 bits per heavy atom. The minimum Gasteiger partial charge on any atom is -0.448 e. The second-order valence-corrected chi connectivity index (χ2v) is 11.2. The summed E-state index contributed by atoms with van der Waals surface area (Å²) in [6.45, 7) is 5.18. The lowest BCUT2D eigenvalue weighted by molar-refractivity contribution is -0.150. The molecule has 2 saturated heterocycles. The highest BCUT2D eigenvalue weighted by Crippen LogP contribution is 2.47. The molecule has 0 aliphatic carbocycles. The molecule has 3 heterocycles. The number of rotatable bonds is 7. The van der Waals surface area contributed by atoms with Crippen molar-refractivity contribution >= 4 is 23.4 Å². The van der Waals surface area contributed by atoms with Gasteiger partial charge in [-0.2, -0.15) is 10.4 Å². The molecule has 0 radical (unpaired) electrons. The van der Waals surface area contributed by atoms with Crippen molar-refractivity contribution in [1.29, 1.82) is 5.26 Å². The number of amides is 2. The van der Waals surface area contributed by atoms with Crippen LogP contribution in [0.3, 0.4) is 0 Å². The van der Waals surface area contributed by atoms with Crippen LogP contribution in [0.25, 0.3) is 0 Å². The van der Waals surface area contributed by atoms with E-state index in [9.17, 15) is 19.6 Å². The molecule has 10 nitrogen and oxygen atoms in total. The highest BCUT2D eigenvalue weighted by atomic mass is 35.5. The van der Waals surface area contributed by atoms with Gasteiger partial charge >= 0.3 is 5.56 Å². The van der Waals surface area contributed by atoms with E-state index in [2.05, 4.69) is 21.6 Å². The van der Waals surface area contributed by atoms with E-state index in [1.165, 1.54) is 12.1 Å². The van der Waals surface area contributed by atoms with Crippen molar-refractivity contribution in [1.82, 2.24) is 20.4 Å². The molecule has 5 rings (SSSR count). The van der Waals surface area contributed by atoms with Crippen LogP contribution in [-0.4, -0.2) is 52.2 Å². The Morgan fingerprint density at radius 3 is 2.67 bits per heavy atom. The first-order valence-electron chi connectivity index (χ1n) is 13.4. The highest BCUT2D eigenvalue weighted by Gasteiger charge is 2.54. The highest BCUT2D eigenvalue weighted by molar-refractivity contribution is 6.30. The average molecular weight is 594 g/mol. The zero-order valence-electron chi connectivity index (χ0n) is 23.2. The van der Waals surface area contributed by atoms with E-state index in [4.69, 9.17) is 21.1 Å². The lowest BCUT2D eigenvalue weighted by Gasteiger charge is -2.45. The molecule has 2 aromatic carbocycles. The molecule has 2 fully saturated rings. The summed E-state index contributed by atoms with van der Waals surface area (Å²) in [6.07, 6.45) is 1.21. The summed E-state index contributed by atoms with van der Waals surface area (Å²) in [7, 11) is 0. The monoisotopic (exact) mass is 593 g/mol. The van der Waals surface area contributed by atoms with Gasteiger partial charge in [-0.15, -0.1) is 0 Å². The van der Waals surface area contributed by atoms with Gasteiger partial charge in [-0.3, -0.25) is 14.4 Å². The maximum absolute atomic E-state index is 15.1. The van der Waals surface area contributed by atoms with Gasteiger partial charge in [0.1, 0.15) is 11.5 Å². The van der Waals surface area contributed by atoms with Gasteiger partial charge in [-0.05, 0) is 69.0 Å². The van der Waals surface area contributed by atoms with Gasteiger partial charge in [0.05, 0.1) is 37.1 Å². The molecule has 0 bridgehead atoms. The van der Waals surface area contributed by atoms with Gasteiger partial charge in [0, 0.05) is 16.7 Å². The van der Waals surface area contributed by atoms with Gasteiger partial charge in [-0.25, -0.2) is 9.49 Å². The normalized spacial score (nSPS) is 19.9. The van der Waals surface area contributed by atoms with Gasteiger partial charge in [0.15, 0.2) is 17.3 Å². The van der Waals surface area contributed by atoms with Crippen LogP contribution in [0.2, 0.25) is 5.02 Å². The largest absolute Gasteiger partial charge is 0.448 e. The number of nitriles is 1. The molecule has 3 atom stereocenters. The molecule has 218 valence electrons. The van der Waals surface area contributed by atoms with Crippen molar-refractivity contribution in [3.05, 3.63) is 86.0 Å². The number of hydrogen-bond acceptors (Lipinski definition) is 7. The Bertz CT molecular complexity index is 1630. The number of aromatic amines is 1. The molecule has 3 aromatic rings. The Balaban J connectivity index is 1.37. The van der Waals surface area contributed by atoms with Crippen molar-refractivity contribution in [2.75, 3.05) is 13.2 Å². The number of halogens is 2. The van der Waals surface area contributed by atoms with E-state index < -0.39 is 34.8 Å². The maximum Gasteiger partial charge on any atom is 0.307 e. The van der Waals surface area contributed by atoms with Gasteiger partial charge in [-0.1, -0.05) is 23.7 Å². The topological polar surface area (TPSA) is 137 Å². The minimum absolute atomic E-state index is 0.0259. The number of ether oxygens (including phenoxy) is 2. The predicted molar refractivity (Wildman–Crippen MR) is 151 cm³/mol. The molecule has 0 spiro atoms. The van der Waals surface area contributed by atoms with Crippen LogP contribution in [0.5, 0.6) is 11.5 Å². The zero-order valence-corrected chi connectivity index (χ0v) is 24.0. The van der Waals surface area contributed by atoms with E-state index in [0.29, 0.717) is 23.6 Å². The smallest absolute Gasteiger partial charge is 0.307 e. The quantitative estimate of drug-likeness (QED) is 0.415. The van der Waals surface area contributed by atoms with Crippen molar-refractivity contribution in [2.45, 2.75) is 51.7 Å². The first kappa shape index (κ1) is 29.2. The standard InChI is InChI=1S/C30H29ClFN5O5/c1-16-9-20(12-22(32)26(16)42-24-10-17(2)35-36-28(24)39)27(38)34-18(3)29(40)37-23(19-5-4-6-21(31)11-19)7-8-25(37)30(13-33)14-41-15-30/h4-6,9-12,18,23,25H,7-8,14-15H2,1-3H3,(H,34,38)(H,36,39)/t18-,23+,25?/m1/s1. The number of hydrogen-bond donors (Lipinski definition) is 2. The zero-order chi connectivity index (χ0) is 30.2. The Kier molecular flexibility index (Phi) is 8.03. The van der Waals surface area contributed by atoms with E-state index in [1.54, 1.807) is 37.8 Å². The minimum atomic E-state index is -0.992. The number of aryl methyl sites for hydroxylation is 2. The number of benzene rings is 2. The van der Waals surface area contributed by atoms with E-state index in [-0.39, 0.29) is 47.8 Å². The van der Waals surface area contributed by atoms with Crippen LogP contribution >= 0.6 is 11.6 Å². The predicted octanol–water partition coefficient (Wildman–Crippen LogP) is 4.36. The molecule has 2 amide bonds. The fourth-order valence-electron chi connectivity index (χ4n) is 5.58. The SMILES string of the molecule is Cc1cc(Oc2c(C)cc(C(=O)N[C@H](C)C(=O)N3C(C4(C#N)COC4)CC[C@H]3c3cccc(Cl)c3)cc2F)c(=O)[nH]n1. The number of carbonyl (C=O) groups is 2. The van der Waals surface area contributed by atoms with Crippen LogP contribution < -0.4 is 15.6 Å². The van der Waals surface area contributed by atoms with Crippen LogP contribution in [0.15, 0.2) is 47.3 Å². The van der Waals surface area contributed by atoms with Crippen LogP contribution in [0.4, 0.5) is 4.39 Å². The third-order valence-corrected chi connectivity index (χ3v) is 8.01. The lowest BCUT2D eigenvalue weighted by Crippen LogP contribution is -2.59. The first-order valence-corrected chi connectivity index (χ1v) is 13.8. The van der Waals surface area contributed by atoms with Crippen molar-refractivity contribution < 1.29 is 23.5 Å². The number of nitrogens with zero attached hydrogens (tertiary/aromatic N) is 3. The molecule has 2 N–H and O–H groups in total. The Labute approximate surface area is 246 Å². The maximum atomic E-state index is 15.1. The Hall–Kier alpha value is -4.27. The third-order valence-electron chi connectivity index (χ3n) is 7.77.